The van der Waals surface area contributed by atoms with E-state index in [1.807, 2.05) is 7.05 Å². The summed E-state index contributed by atoms with van der Waals surface area (Å²) < 4.78 is 0. The number of nitrogens with one attached hydrogen (secondary N) is 2. The van der Waals surface area contributed by atoms with Gasteiger partial charge in [-0.25, -0.2) is 0 Å². The van der Waals surface area contributed by atoms with Gasteiger partial charge in [-0.05, 0) is 51.1 Å². The molecule has 1 aliphatic carbocycles. The molecule has 2 atom stereocenters. The average Bonchev–Trinajstić information content (AvgIpc) is 3.05. The molecule has 2 rings (SSSR count). The second kappa shape index (κ2) is 10.2. The summed E-state index contributed by atoms with van der Waals surface area (Å²) in [5.74, 6) is 2.73. The first kappa shape index (κ1) is 18.6. The molecule has 0 amide bonds. The zero-order valence-electron chi connectivity index (χ0n) is 15.6. The predicted octanol–water partition coefficient (Wildman–Crippen LogP) is 3.24. The minimum absolute atomic E-state index is 0.513. The number of hydrogen-bond acceptors (Lipinski definition) is 2. The Hall–Kier alpha value is -0.770. The van der Waals surface area contributed by atoms with Crippen molar-refractivity contribution in [1.82, 2.24) is 15.5 Å². The Morgan fingerprint density at radius 2 is 1.96 bits per heavy atom. The van der Waals surface area contributed by atoms with Gasteiger partial charge in [0.1, 0.15) is 0 Å². The number of guanidine groups is 1. The maximum Gasteiger partial charge on any atom is 0.191 e. The van der Waals surface area contributed by atoms with Gasteiger partial charge in [0.05, 0.1) is 0 Å². The zero-order valence-corrected chi connectivity index (χ0v) is 15.6. The fraction of sp³-hybridized carbons (Fsp3) is 0.947. The summed E-state index contributed by atoms with van der Waals surface area (Å²) >= 11 is 0. The summed E-state index contributed by atoms with van der Waals surface area (Å²) in [5.41, 5.74) is 0. The molecular formula is C19H38N4. The molecule has 1 heterocycles. The highest BCUT2D eigenvalue weighted by atomic mass is 15.2. The van der Waals surface area contributed by atoms with Gasteiger partial charge in [-0.15, -0.1) is 0 Å². The zero-order chi connectivity index (χ0) is 16.5. The van der Waals surface area contributed by atoms with Crippen LogP contribution in [0.5, 0.6) is 0 Å². The van der Waals surface area contributed by atoms with Gasteiger partial charge >= 0.3 is 0 Å². The van der Waals surface area contributed by atoms with Crippen LogP contribution in [0.25, 0.3) is 0 Å². The van der Waals surface area contributed by atoms with Crippen molar-refractivity contribution in [1.29, 1.82) is 0 Å². The van der Waals surface area contributed by atoms with Crippen LogP contribution in [0.2, 0.25) is 0 Å². The van der Waals surface area contributed by atoms with Crippen molar-refractivity contribution >= 4 is 5.96 Å². The highest BCUT2D eigenvalue weighted by molar-refractivity contribution is 5.79. The van der Waals surface area contributed by atoms with Crippen LogP contribution in [0, 0.1) is 11.8 Å². The second-order valence-corrected chi connectivity index (χ2v) is 7.63. The highest BCUT2D eigenvalue weighted by Crippen LogP contribution is 2.27. The van der Waals surface area contributed by atoms with Crippen LogP contribution in [0.15, 0.2) is 4.99 Å². The van der Waals surface area contributed by atoms with Gasteiger partial charge in [0.25, 0.3) is 0 Å². The van der Waals surface area contributed by atoms with E-state index in [1.54, 1.807) is 0 Å². The van der Waals surface area contributed by atoms with E-state index in [0.717, 1.165) is 24.3 Å². The molecule has 0 radical (unpaired) electrons. The van der Waals surface area contributed by atoms with Crippen molar-refractivity contribution in [2.75, 3.05) is 33.2 Å². The van der Waals surface area contributed by atoms with E-state index < -0.39 is 0 Å². The number of likely N-dealkylation sites (tertiary alicyclic amines) is 1. The van der Waals surface area contributed by atoms with Gasteiger partial charge in [0.15, 0.2) is 5.96 Å². The van der Waals surface area contributed by atoms with Gasteiger partial charge in [-0.3, -0.25) is 4.99 Å². The van der Waals surface area contributed by atoms with Gasteiger partial charge < -0.3 is 15.5 Å². The topological polar surface area (TPSA) is 39.7 Å². The lowest BCUT2D eigenvalue weighted by atomic mass is 9.85. The molecule has 2 unspecified atom stereocenters. The largest absolute Gasteiger partial charge is 0.356 e. The first-order chi connectivity index (χ1) is 11.2. The molecule has 23 heavy (non-hydrogen) atoms. The van der Waals surface area contributed by atoms with Gasteiger partial charge in [-0.1, -0.05) is 39.0 Å². The average molecular weight is 323 g/mol. The molecule has 134 valence electrons. The Morgan fingerprint density at radius 3 is 2.61 bits per heavy atom. The van der Waals surface area contributed by atoms with Crippen molar-refractivity contribution in [3.63, 3.8) is 0 Å². The van der Waals surface area contributed by atoms with Crippen LogP contribution in [-0.4, -0.2) is 50.1 Å². The summed E-state index contributed by atoms with van der Waals surface area (Å²) in [6.07, 6.45) is 11.2. The Morgan fingerprint density at radius 1 is 1.17 bits per heavy atom. The molecule has 0 aromatic rings. The molecule has 0 bridgehead atoms. The quantitative estimate of drug-likeness (QED) is 0.558. The molecule has 0 spiro atoms. The highest BCUT2D eigenvalue weighted by Gasteiger charge is 2.21. The number of rotatable bonds is 7. The van der Waals surface area contributed by atoms with E-state index in [1.165, 1.54) is 71.0 Å². The first-order valence-electron chi connectivity index (χ1n) is 9.90. The van der Waals surface area contributed by atoms with Crippen LogP contribution < -0.4 is 10.6 Å². The molecule has 0 aromatic heterocycles. The van der Waals surface area contributed by atoms with E-state index in [2.05, 4.69) is 34.4 Å². The molecule has 1 saturated carbocycles. The molecule has 4 heteroatoms. The summed E-state index contributed by atoms with van der Waals surface area (Å²) in [6.45, 7) is 9.27. The standard InChI is InChI=1S/C19H38N4/c1-4-23-13-12-18(15-23)14-21-19(20-3)22-16(2)10-11-17-8-6-5-7-9-17/h16-18H,4-15H2,1-3H3,(H2,20,21,22). The smallest absolute Gasteiger partial charge is 0.191 e. The summed E-state index contributed by atoms with van der Waals surface area (Å²) in [4.78, 5) is 6.94. The molecule has 1 aliphatic heterocycles. The third-order valence-corrected chi connectivity index (χ3v) is 5.71. The molecular weight excluding hydrogens is 284 g/mol. The summed E-state index contributed by atoms with van der Waals surface area (Å²) in [6, 6.07) is 0.513. The van der Waals surface area contributed by atoms with E-state index in [-0.39, 0.29) is 0 Å². The molecule has 0 aromatic carbocycles. The van der Waals surface area contributed by atoms with Gasteiger partial charge in [0.2, 0.25) is 0 Å². The Bertz CT molecular complexity index is 349. The number of aliphatic imine (C=N–C) groups is 1. The molecule has 1 saturated heterocycles. The van der Waals surface area contributed by atoms with Crippen LogP contribution >= 0.6 is 0 Å². The first-order valence-corrected chi connectivity index (χ1v) is 9.90. The second-order valence-electron chi connectivity index (χ2n) is 7.63. The van der Waals surface area contributed by atoms with Crippen molar-refractivity contribution < 1.29 is 0 Å². The number of hydrogen-bond donors (Lipinski definition) is 2. The minimum Gasteiger partial charge on any atom is -0.356 e. The Labute approximate surface area is 143 Å². The fourth-order valence-electron chi connectivity index (χ4n) is 4.07. The summed E-state index contributed by atoms with van der Waals surface area (Å²) in [7, 11) is 1.89. The van der Waals surface area contributed by atoms with E-state index in [9.17, 15) is 0 Å². The fourth-order valence-corrected chi connectivity index (χ4v) is 4.07. The van der Waals surface area contributed by atoms with E-state index in [4.69, 9.17) is 0 Å². The molecule has 2 fully saturated rings. The summed E-state index contributed by atoms with van der Waals surface area (Å²) in [5, 5.41) is 7.12. The lowest BCUT2D eigenvalue weighted by molar-refractivity contribution is 0.322. The van der Waals surface area contributed by atoms with Gasteiger partial charge in [0, 0.05) is 26.2 Å². The molecule has 2 aliphatic rings. The van der Waals surface area contributed by atoms with Crippen LogP contribution in [0.3, 0.4) is 0 Å². The van der Waals surface area contributed by atoms with E-state index in [0.29, 0.717) is 6.04 Å². The van der Waals surface area contributed by atoms with Crippen molar-refractivity contribution in [3.05, 3.63) is 0 Å². The Balaban J connectivity index is 1.61. The van der Waals surface area contributed by atoms with Crippen LogP contribution in [0.4, 0.5) is 0 Å². The third kappa shape index (κ3) is 6.70. The monoisotopic (exact) mass is 322 g/mol. The molecule has 4 nitrogen and oxygen atoms in total. The third-order valence-electron chi connectivity index (χ3n) is 5.71. The van der Waals surface area contributed by atoms with Crippen molar-refractivity contribution in [2.45, 2.75) is 71.3 Å². The predicted molar refractivity (Wildman–Crippen MR) is 100.0 cm³/mol. The van der Waals surface area contributed by atoms with E-state index >= 15 is 0 Å². The maximum absolute atomic E-state index is 4.40. The molecule has 2 N–H and O–H groups in total. The van der Waals surface area contributed by atoms with Crippen LogP contribution in [-0.2, 0) is 0 Å². The minimum atomic E-state index is 0.513. The van der Waals surface area contributed by atoms with Gasteiger partial charge in [-0.2, -0.15) is 0 Å². The lowest BCUT2D eigenvalue weighted by Crippen LogP contribution is -2.44. The van der Waals surface area contributed by atoms with Crippen LogP contribution in [0.1, 0.15) is 65.2 Å². The van der Waals surface area contributed by atoms with Crippen molar-refractivity contribution in [2.24, 2.45) is 16.8 Å². The maximum atomic E-state index is 4.40. The van der Waals surface area contributed by atoms with Crippen molar-refractivity contribution in [3.8, 4) is 0 Å². The Kier molecular flexibility index (Phi) is 8.21. The normalized spacial score (nSPS) is 25.5. The lowest BCUT2D eigenvalue weighted by Gasteiger charge is -2.24. The SMILES string of the molecule is CCN1CCC(CNC(=NC)NC(C)CCC2CCCCC2)C1. The number of nitrogens with zero attached hydrogens (tertiary/aromatic N) is 2.